The summed E-state index contributed by atoms with van der Waals surface area (Å²) >= 11 is 0. The average Bonchev–Trinajstić information content (AvgIpc) is 2.48. The van der Waals surface area contributed by atoms with E-state index in [1.807, 2.05) is 36.4 Å². The third kappa shape index (κ3) is 6.00. The van der Waals surface area contributed by atoms with Gasteiger partial charge in [0, 0.05) is 18.5 Å². The first kappa shape index (κ1) is 19.7. The van der Waals surface area contributed by atoms with Crippen LogP contribution < -0.4 is 0 Å². The van der Waals surface area contributed by atoms with Gasteiger partial charge in [0.1, 0.15) is 5.60 Å². The topological polar surface area (TPSA) is 29.5 Å². The van der Waals surface area contributed by atoms with E-state index in [0.29, 0.717) is 5.92 Å². The van der Waals surface area contributed by atoms with Crippen molar-refractivity contribution in [2.75, 3.05) is 20.6 Å². The van der Waals surface area contributed by atoms with Crippen LogP contribution in [0, 0.1) is 5.92 Å². The lowest BCUT2D eigenvalue weighted by atomic mass is 9.76. The van der Waals surface area contributed by atoms with Gasteiger partial charge in [0.25, 0.3) is 0 Å². The van der Waals surface area contributed by atoms with Gasteiger partial charge in [0.05, 0.1) is 0 Å². The van der Waals surface area contributed by atoms with Crippen LogP contribution >= 0.6 is 12.4 Å². The summed E-state index contributed by atoms with van der Waals surface area (Å²) in [5.41, 5.74) is 0.666. The molecule has 2 atom stereocenters. The summed E-state index contributed by atoms with van der Waals surface area (Å²) in [6.45, 7) is 3.06. The molecule has 1 aliphatic carbocycles. The maximum atomic E-state index is 12.2. The minimum atomic E-state index is -0.347. The Morgan fingerprint density at radius 3 is 2.65 bits per heavy atom. The second-order valence-corrected chi connectivity index (χ2v) is 6.68. The highest BCUT2D eigenvalue weighted by atomic mass is 35.5. The standard InChI is InChI=1S/C19H27NO2.ClH/c1-19(14-8-7-11-17(19)15-20(2)3)22-18(21)13-12-16-9-5-4-6-10-16;/h4-6,9-10,12-13,17H,7-8,11,14-15H2,1-3H3;1H/b13-12-;. The van der Waals surface area contributed by atoms with Crippen LogP contribution in [0.2, 0.25) is 0 Å². The van der Waals surface area contributed by atoms with Gasteiger partial charge in [-0.3, -0.25) is 0 Å². The number of rotatable bonds is 5. The predicted octanol–water partition coefficient (Wildman–Crippen LogP) is 4.18. The molecule has 0 saturated heterocycles. The first-order valence-electron chi connectivity index (χ1n) is 8.10. The van der Waals surface area contributed by atoms with Crippen molar-refractivity contribution < 1.29 is 9.53 Å². The van der Waals surface area contributed by atoms with Crippen molar-refractivity contribution in [1.82, 2.24) is 4.90 Å². The molecule has 4 heteroatoms. The van der Waals surface area contributed by atoms with E-state index in [0.717, 1.165) is 31.4 Å². The molecule has 0 radical (unpaired) electrons. The summed E-state index contributed by atoms with van der Waals surface area (Å²) in [4.78, 5) is 14.4. The first-order chi connectivity index (χ1) is 10.5. The Labute approximate surface area is 146 Å². The van der Waals surface area contributed by atoms with Crippen molar-refractivity contribution in [2.24, 2.45) is 5.92 Å². The van der Waals surface area contributed by atoms with Crippen molar-refractivity contribution >= 4 is 24.5 Å². The van der Waals surface area contributed by atoms with Gasteiger partial charge in [-0.15, -0.1) is 12.4 Å². The Morgan fingerprint density at radius 1 is 1.30 bits per heavy atom. The van der Waals surface area contributed by atoms with E-state index in [4.69, 9.17) is 4.74 Å². The highest BCUT2D eigenvalue weighted by molar-refractivity contribution is 5.87. The Balaban J connectivity index is 0.00000264. The quantitative estimate of drug-likeness (QED) is 0.596. The van der Waals surface area contributed by atoms with Crippen molar-refractivity contribution in [2.45, 2.75) is 38.2 Å². The molecule has 0 N–H and O–H groups in total. The minimum Gasteiger partial charge on any atom is -0.456 e. The van der Waals surface area contributed by atoms with Gasteiger partial charge in [-0.25, -0.2) is 4.79 Å². The normalized spacial score (nSPS) is 24.4. The zero-order valence-corrected chi connectivity index (χ0v) is 15.1. The molecule has 0 amide bonds. The summed E-state index contributed by atoms with van der Waals surface area (Å²) in [7, 11) is 4.15. The van der Waals surface area contributed by atoms with E-state index in [2.05, 4.69) is 25.9 Å². The fourth-order valence-electron chi connectivity index (χ4n) is 3.23. The van der Waals surface area contributed by atoms with Crippen LogP contribution in [0.5, 0.6) is 0 Å². The predicted molar refractivity (Wildman–Crippen MR) is 97.7 cm³/mol. The number of hydrogen-bond donors (Lipinski definition) is 0. The van der Waals surface area contributed by atoms with Crippen LogP contribution in [0.4, 0.5) is 0 Å². The van der Waals surface area contributed by atoms with Gasteiger partial charge >= 0.3 is 5.97 Å². The number of nitrogens with zero attached hydrogens (tertiary/aromatic N) is 1. The number of hydrogen-bond acceptors (Lipinski definition) is 3. The van der Waals surface area contributed by atoms with Crippen LogP contribution in [0.15, 0.2) is 36.4 Å². The van der Waals surface area contributed by atoms with Gasteiger partial charge in [-0.1, -0.05) is 36.8 Å². The number of halogens is 1. The monoisotopic (exact) mass is 337 g/mol. The van der Waals surface area contributed by atoms with Crippen LogP contribution in [-0.2, 0) is 9.53 Å². The maximum Gasteiger partial charge on any atom is 0.331 e. The molecule has 23 heavy (non-hydrogen) atoms. The second kappa shape index (κ2) is 9.09. The summed E-state index contributed by atoms with van der Waals surface area (Å²) in [6, 6.07) is 9.83. The molecule has 1 saturated carbocycles. The van der Waals surface area contributed by atoms with E-state index >= 15 is 0 Å². The molecule has 3 nitrogen and oxygen atoms in total. The Kier molecular flexibility index (Phi) is 7.80. The van der Waals surface area contributed by atoms with Crippen LogP contribution in [-0.4, -0.2) is 37.1 Å². The molecule has 1 fully saturated rings. The lowest BCUT2D eigenvalue weighted by Crippen LogP contribution is -2.46. The van der Waals surface area contributed by atoms with Gasteiger partial charge in [0.15, 0.2) is 0 Å². The summed E-state index contributed by atoms with van der Waals surface area (Å²) in [5.74, 6) is 0.169. The average molecular weight is 338 g/mol. The smallest absolute Gasteiger partial charge is 0.331 e. The van der Waals surface area contributed by atoms with Crippen LogP contribution in [0.25, 0.3) is 6.08 Å². The van der Waals surface area contributed by atoms with Gasteiger partial charge < -0.3 is 9.64 Å². The van der Waals surface area contributed by atoms with E-state index in [1.165, 1.54) is 6.42 Å². The first-order valence-corrected chi connectivity index (χ1v) is 8.10. The molecule has 2 rings (SSSR count). The van der Waals surface area contributed by atoms with E-state index in [9.17, 15) is 4.79 Å². The summed E-state index contributed by atoms with van der Waals surface area (Å²) < 4.78 is 5.86. The number of ether oxygens (including phenoxy) is 1. The molecular weight excluding hydrogens is 310 g/mol. The molecule has 0 aromatic heterocycles. The zero-order chi connectivity index (χ0) is 16.0. The Bertz CT molecular complexity index is 515. The van der Waals surface area contributed by atoms with Crippen LogP contribution in [0.3, 0.4) is 0 Å². The SMILES string of the molecule is CN(C)CC1CCCCC1(C)OC(=O)/C=C\c1ccccc1.Cl. The lowest BCUT2D eigenvalue weighted by Gasteiger charge is -2.41. The largest absolute Gasteiger partial charge is 0.456 e. The molecule has 1 aliphatic rings. The number of esters is 1. The Hall–Kier alpha value is -1.32. The molecule has 1 aromatic rings. The van der Waals surface area contributed by atoms with Crippen molar-refractivity contribution in [3.8, 4) is 0 Å². The molecule has 0 bridgehead atoms. The highest BCUT2D eigenvalue weighted by Gasteiger charge is 2.39. The Morgan fingerprint density at radius 2 is 2.00 bits per heavy atom. The second-order valence-electron chi connectivity index (χ2n) is 6.68. The summed E-state index contributed by atoms with van der Waals surface area (Å²) in [5, 5.41) is 0. The highest BCUT2D eigenvalue weighted by Crippen LogP contribution is 2.37. The van der Waals surface area contributed by atoms with E-state index in [-0.39, 0.29) is 24.0 Å². The molecule has 0 spiro atoms. The van der Waals surface area contributed by atoms with Gasteiger partial charge in [-0.2, -0.15) is 0 Å². The fourth-order valence-corrected chi connectivity index (χ4v) is 3.23. The van der Waals surface area contributed by atoms with Crippen molar-refractivity contribution in [3.63, 3.8) is 0 Å². The fraction of sp³-hybridized carbons (Fsp3) is 0.526. The third-order valence-corrected chi connectivity index (χ3v) is 4.47. The number of carbonyl (C=O) groups excluding carboxylic acids is 1. The van der Waals surface area contributed by atoms with Crippen molar-refractivity contribution in [1.29, 1.82) is 0 Å². The van der Waals surface area contributed by atoms with Crippen LogP contribution in [0.1, 0.15) is 38.2 Å². The maximum absolute atomic E-state index is 12.2. The number of carbonyl (C=O) groups is 1. The molecule has 0 aliphatic heterocycles. The van der Waals surface area contributed by atoms with Gasteiger partial charge in [-0.05, 0) is 51.9 Å². The molecule has 1 aromatic carbocycles. The van der Waals surface area contributed by atoms with E-state index < -0.39 is 0 Å². The lowest BCUT2D eigenvalue weighted by molar-refractivity contribution is -0.162. The molecule has 0 heterocycles. The van der Waals surface area contributed by atoms with Crippen molar-refractivity contribution in [3.05, 3.63) is 42.0 Å². The van der Waals surface area contributed by atoms with E-state index in [1.54, 1.807) is 6.08 Å². The zero-order valence-electron chi connectivity index (χ0n) is 14.3. The summed E-state index contributed by atoms with van der Waals surface area (Å²) in [6.07, 6.45) is 7.81. The molecule has 128 valence electrons. The molecule has 2 unspecified atom stereocenters. The van der Waals surface area contributed by atoms with Gasteiger partial charge in [0.2, 0.25) is 0 Å². The minimum absolute atomic E-state index is 0. The third-order valence-electron chi connectivity index (χ3n) is 4.47. The molecular formula is C19H28ClNO2. The number of benzene rings is 1.